The molecule has 32 heavy (non-hydrogen) atoms. The average Bonchev–Trinajstić information content (AvgIpc) is 2.74. The van der Waals surface area contributed by atoms with Crippen molar-refractivity contribution in [3.63, 3.8) is 0 Å². The van der Waals surface area contributed by atoms with Crippen molar-refractivity contribution in [3.05, 3.63) is 0 Å². The van der Waals surface area contributed by atoms with Gasteiger partial charge >= 0.3 is 0 Å². The molecule has 3 aliphatic rings. The van der Waals surface area contributed by atoms with E-state index in [1.54, 1.807) is 0 Å². The standard InChI is InChI=1S/C23H47N7O2/c1-19(2)20(31)5-4-6-21(32)30-23-16-27-10-7-24-13-22(3,14-25-8-11-28-17-23)15-26-9-12-29-18-23/h19,24-29H,4-18H2,1-3H3,(H,30,32). The van der Waals surface area contributed by atoms with Gasteiger partial charge in [-0.15, -0.1) is 0 Å². The Morgan fingerprint density at radius 3 is 1.53 bits per heavy atom. The minimum absolute atomic E-state index is 0.0133. The van der Waals surface area contributed by atoms with Gasteiger partial charge in [0.2, 0.25) is 5.91 Å². The molecule has 0 aromatic rings. The molecule has 0 aromatic carbocycles. The summed E-state index contributed by atoms with van der Waals surface area (Å²) < 4.78 is 0. The minimum Gasteiger partial charge on any atom is -0.347 e. The first-order valence-electron chi connectivity index (χ1n) is 12.4. The van der Waals surface area contributed by atoms with E-state index < -0.39 is 5.54 Å². The SMILES string of the molecule is CC(C)C(=O)CCCC(=O)NC12CNCCNCC(C)(CNCCNC1)CNCCNC2. The molecule has 3 saturated heterocycles. The molecule has 0 aromatic heterocycles. The van der Waals surface area contributed by atoms with Crippen molar-refractivity contribution in [2.45, 2.75) is 45.6 Å². The van der Waals surface area contributed by atoms with Gasteiger partial charge in [-0.25, -0.2) is 0 Å². The van der Waals surface area contributed by atoms with Gasteiger partial charge in [0.15, 0.2) is 0 Å². The molecule has 0 spiro atoms. The molecule has 0 atom stereocenters. The van der Waals surface area contributed by atoms with Crippen LogP contribution in [0.5, 0.6) is 0 Å². The van der Waals surface area contributed by atoms with E-state index in [1.165, 1.54) is 0 Å². The topological polar surface area (TPSA) is 118 Å². The Bertz CT molecular complexity index is 527. The molecule has 2 bridgehead atoms. The number of rotatable bonds is 6. The van der Waals surface area contributed by atoms with Crippen LogP contribution >= 0.6 is 0 Å². The van der Waals surface area contributed by atoms with Crippen molar-refractivity contribution in [1.29, 1.82) is 0 Å². The van der Waals surface area contributed by atoms with E-state index in [2.05, 4.69) is 44.1 Å². The second kappa shape index (κ2) is 14.2. The molecule has 3 aliphatic heterocycles. The Kier molecular flexibility index (Phi) is 12.1. The van der Waals surface area contributed by atoms with Crippen LogP contribution in [0.1, 0.15) is 40.0 Å². The minimum atomic E-state index is -0.429. The van der Waals surface area contributed by atoms with E-state index in [1.807, 2.05) is 13.8 Å². The van der Waals surface area contributed by atoms with Crippen molar-refractivity contribution < 1.29 is 9.59 Å². The Morgan fingerprint density at radius 2 is 1.12 bits per heavy atom. The molecule has 0 saturated carbocycles. The number of Topliss-reactive ketones (excluding diaryl/α,β-unsaturated/α-hetero) is 1. The third-order valence-corrected chi connectivity index (χ3v) is 6.36. The zero-order valence-electron chi connectivity index (χ0n) is 20.5. The van der Waals surface area contributed by atoms with Crippen molar-refractivity contribution >= 4 is 11.7 Å². The molecular formula is C23H47N7O2. The van der Waals surface area contributed by atoms with Gasteiger partial charge in [0, 0.05) is 103 Å². The number of carbonyl (C=O) groups excluding carboxylic acids is 2. The fourth-order valence-corrected chi connectivity index (χ4v) is 4.26. The number of hydrogen-bond donors (Lipinski definition) is 7. The van der Waals surface area contributed by atoms with E-state index >= 15 is 0 Å². The molecule has 3 heterocycles. The molecule has 0 unspecified atom stereocenters. The summed E-state index contributed by atoms with van der Waals surface area (Å²) in [6.45, 7) is 16.2. The number of amides is 1. The number of carbonyl (C=O) groups is 2. The highest BCUT2D eigenvalue weighted by Crippen LogP contribution is 2.13. The summed E-state index contributed by atoms with van der Waals surface area (Å²) in [6.07, 6.45) is 1.45. The molecule has 7 N–H and O–H groups in total. The largest absolute Gasteiger partial charge is 0.347 e. The third-order valence-electron chi connectivity index (χ3n) is 6.36. The zero-order valence-corrected chi connectivity index (χ0v) is 20.5. The van der Waals surface area contributed by atoms with Crippen LogP contribution in [-0.4, -0.2) is 95.8 Å². The maximum absolute atomic E-state index is 12.8. The lowest BCUT2D eigenvalue weighted by Crippen LogP contribution is -2.66. The van der Waals surface area contributed by atoms with Gasteiger partial charge in [-0.1, -0.05) is 20.8 Å². The van der Waals surface area contributed by atoms with Gasteiger partial charge in [0.25, 0.3) is 0 Å². The smallest absolute Gasteiger partial charge is 0.220 e. The molecule has 0 aliphatic carbocycles. The summed E-state index contributed by atoms with van der Waals surface area (Å²) in [7, 11) is 0. The monoisotopic (exact) mass is 453 g/mol. The predicted octanol–water partition coefficient (Wildman–Crippen LogP) is -1.19. The van der Waals surface area contributed by atoms with Gasteiger partial charge in [-0.3, -0.25) is 9.59 Å². The fourth-order valence-electron chi connectivity index (χ4n) is 4.26. The molecule has 3 rings (SSSR count). The summed E-state index contributed by atoms with van der Waals surface area (Å²) >= 11 is 0. The average molecular weight is 454 g/mol. The highest BCUT2D eigenvalue weighted by molar-refractivity contribution is 5.81. The normalized spacial score (nSPS) is 29.2. The lowest BCUT2D eigenvalue weighted by molar-refractivity contribution is -0.124. The predicted molar refractivity (Wildman–Crippen MR) is 130 cm³/mol. The quantitative estimate of drug-likeness (QED) is 0.268. The summed E-state index contributed by atoms with van der Waals surface area (Å²) in [5, 5.41) is 24.8. The Hall–Kier alpha value is -1.10. The van der Waals surface area contributed by atoms with Gasteiger partial charge in [-0.2, -0.15) is 0 Å². The second-order valence-corrected chi connectivity index (χ2v) is 10.2. The maximum Gasteiger partial charge on any atom is 0.220 e. The highest BCUT2D eigenvalue weighted by Gasteiger charge is 2.32. The third kappa shape index (κ3) is 10.2. The number of nitrogens with one attached hydrogen (secondary N) is 7. The van der Waals surface area contributed by atoms with Crippen LogP contribution in [0.4, 0.5) is 0 Å². The first kappa shape index (κ1) is 27.1. The molecule has 3 fully saturated rings. The Morgan fingerprint density at radius 1 is 0.719 bits per heavy atom. The number of fused-ring (bicyclic) bond motifs is 15. The first-order valence-corrected chi connectivity index (χ1v) is 12.4. The molecule has 0 radical (unpaired) electrons. The Balaban J connectivity index is 2.03. The summed E-state index contributed by atoms with van der Waals surface area (Å²) in [6, 6.07) is 0. The van der Waals surface area contributed by atoms with Crippen molar-refractivity contribution in [3.8, 4) is 0 Å². The molecule has 186 valence electrons. The highest BCUT2D eigenvalue weighted by atomic mass is 16.2. The molecule has 9 heteroatoms. The molecular weight excluding hydrogens is 406 g/mol. The van der Waals surface area contributed by atoms with Crippen LogP contribution < -0.4 is 37.2 Å². The number of ketones is 1. The summed E-state index contributed by atoms with van der Waals surface area (Å²) in [4.78, 5) is 24.7. The molecule has 1 amide bonds. The van der Waals surface area contributed by atoms with E-state index in [0.29, 0.717) is 38.9 Å². The Labute approximate surface area is 194 Å². The lowest BCUT2D eigenvalue weighted by Gasteiger charge is -2.37. The van der Waals surface area contributed by atoms with Crippen LogP contribution in [0.25, 0.3) is 0 Å². The number of hydrogen-bond acceptors (Lipinski definition) is 8. The first-order chi connectivity index (χ1) is 15.3. The second-order valence-electron chi connectivity index (χ2n) is 10.2. The van der Waals surface area contributed by atoms with Crippen molar-refractivity contribution in [2.75, 3.05) is 78.5 Å². The van der Waals surface area contributed by atoms with Crippen LogP contribution in [0.3, 0.4) is 0 Å². The fraction of sp³-hybridized carbons (Fsp3) is 0.913. The van der Waals surface area contributed by atoms with Crippen molar-refractivity contribution in [2.24, 2.45) is 11.3 Å². The lowest BCUT2D eigenvalue weighted by atomic mass is 9.90. The van der Waals surface area contributed by atoms with Gasteiger partial charge in [0.1, 0.15) is 5.78 Å². The van der Waals surface area contributed by atoms with Crippen LogP contribution in [0, 0.1) is 11.3 Å². The van der Waals surface area contributed by atoms with Crippen LogP contribution in [0.15, 0.2) is 0 Å². The summed E-state index contributed by atoms with van der Waals surface area (Å²) in [5.41, 5.74) is -0.273. The van der Waals surface area contributed by atoms with Gasteiger partial charge in [-0.05, 0) is 6.42 Å². The van der Waals surface area contributed by atoms with E-state index in [9.17, 15) is 9.59 Å². The van der Waals surface area contributed by atoms with E-state index in [4.69, 9.17) is 0 Å². The van der Waals surface area contributed by atoms with Gasteiger partial charge in [0.05, 0.1) is 5.54 Å². The van der Waals surface area contributed by atoms with E-state index in [-0.39, 0.29) is 23.0 Å². The van der Waals surface area contributed by atoms with Crippen LogP contribution in [-0.2, 0) is 9.59 Å². The zero-order chi connectivity index (χ0) is 23.3. The summed E-state index contributed by atoms with van der Waals surface area (Å²) in [5.74, 6) is 0.266. The molecule has 9 nitrogen and oxygen atoms in total. The van der Waals surface area contributed by atoms with E-state index in [0.717, 1.165) is 58.9 Å². The van der Waals surface area contributed by atoms with Crippen LogP contribution in [0.2, 0.25) is 0 Å². The van der Waals surface area contributed by atoms with Crippen molar-refractivity contribution in [1.82, 2.24) is 37.2 Å². The maximum atomic E-state index is 12.8. The van der Waals surface area contributed by atoms with Gasteiger partial charge < -0.3 is 37.2 Å².